The summed E-state index contributed by atoms with van der Waals surface area (Å²) in [7, 11) is -3.39. The number of aryl methyl sites for hydroxylation is 1. The summed E-state index contributed by atoms with van der Waals surface area (Å²) in [6.45, 7) is 0. The van der Waals surface area contributed by atoms with Gasteiger partial charge in [-0.1, -0.05) is 36.4 Å². The minimum Gasteiger partial charge on any atom is -0.385 e. The van der Waals surface area contributed by atoms with E-state index in [-0.39, 0.29) is 17.8 Å². The van der Waals surface area contributed by atoms with E-state index in [4.69, 9.17) is 0 Å². The second-order valence-corrected chi connectivity index (χ2v) is 9.41. The van der Waals surface area contributed by atoms with Crippen LogP contribution >= 0.6 is 0 Å². The van der Waals surface area contributed by atoms with Gasteiger partial charge in [-0.25, -0.2) is 13.4 Å². The lowest BCUT2D eigenvalue weighted by molar-refractivity contribution is -0.122. The fourth-order valence-electron chi connectivity index (χ4n) is 3.65. The third-order valence-corrected chi connectivity index (χ3v) is 5.83. The average molecular weight is 418 g/mol. The zero-order valence-corrected chi connectivity index (χ0v) is 17.3. The molecule has 1 heterocycles. The Morgan fingerprint density at radius 1 is 1.17 bits per heavy atom. The highest BCUT2D eigenvalue weighted by molar-refractivity contribution is 7.92. The molecule has 2 aromatic rings. The lowest BCUT2D eigenvalue weighted by Gasteiger charge is -2.36. The largest absolute Gasteiger partial charge is 0.385 e. The molecule has 0 saturated heterocycles. The predicted octanol–water partition coefficient (Wildman–Crippen LogP) is 2.33. The second-order valence-electron chi connectivity index (χ2n) is 7.67. The van der Waals surface area contributed by atoms with Gasteiger partial charge >= 0.3 is 0 Å². The zero-order chi connectivity index (χ0) is 20.9. The number of sulfonamides is 1. The predicted molar refractivity (Wildman–Crippen MR) is 112 cm³/mol. The SMILES string of the molecule is CS(=O)(=O)Nc1ccc(C2(O)CCC(NC(=O)CCc3ccccc3)CC2)cn1. The number of hydrogen-bond acceptors (Lipinski definition) is 5. The molecule has 0 unspecified atom stereocenters. The molecule has 29 heavy (non-hydrogen) atoms. The van der Waals surface area contributed by atoms with Gasteiger partial charge in [-0.05, 0) is 43.7 Å². The first-order valence-electron chi connectivity index (χ1n) is 9.73. The van der Waals surface area contributed by atoms with E-state index in [1.807, 2.05) is 30.3 Å². The number of nitrogens with one attached hydrogen (secondary N) is 2. The van der Waals surface area contributed by atoms with E-state index in [0.717, 1.165) is 11.8 Å². The van der Waals surface area contributed by atoms with Gasteiger partial charge in [0.1, 0.15) is 5.82 Å². The molecule has 156 valence electrons. The molecule has 8 heteroatoms. The molecular formula is C21H27N3O4S. The Labute approximate surface area is 171 Å². The van der Waals surface area contributed by atoms with E-state index in [1.54, 1.807) is 12.1 Å². The second kappa shape index (κ2) is 8.92. The number of aromatic nitrogens is 1. The molecule has 1 aromatic carbocycles. The Balaban J connectivity index is 1.49. The number of rotatable bonds is 7. The van der Waals surface area contributed by atoms with Crippen LogP contribution in [0.3, 0.4) is 0 Å². The van der Waals surface area contributed by atoms with Gasteiger partial charge in [0.2, 0.25) is 15.9 Å². The minimum atomic E-state index is -3.39. The van der Waals surface area contributed by atoms with Crippen molar-refractivity contribution in [3.8, 4) is 0 Å². The van der Waals surface area contributed by atoms with E-state index in [0.29, 0.717) is 44.1 Å². The van der Waals surface area contributed by atoms with Crippen LogP contribution in [0, 0.1) is 0 Å². The van der Waals surface area contributed by atoms with Crippen molar-refractivity contribution in [1.82, 2.24) is 10.3 Å². The summed E-state index contributed by atoms with van der Waals surface area (Å²) in [6, 6.07) is 13.2. The zero-order valence-electron chi connectivity index (χ0n) is 16.5. The number of amides is 1. The lowest BCUT2D eigenvalue weighted by atomic mass is 9.78. The van der Waals surface area contributed by atoms with Crippen LogP contribution in [0.15, 0.2) is 48.7 Å². The van der Waals surface area contributed by atoms with Crippen molar-refractivity contribution < 1.29 is 18.3 Å². The van der Waals surface area contributed by atoms with Crippen LogP contribution in [-0.4, -0.2) is 36.7 Å². The average Bonchev–Trinajstić information content (AvgIpc) is 2.68. The summed E-state index contributed by atoms with van der Waals surface area (Å²) in [6.07, 6.45) is 6.10. The highest BCUT2D eigenvalue weighted by Gasteiger charge is 2.35. The van der Waals surface area contributed by atoms with Gasteiger partial charge in [0, 0.05) is 24.2 Å². The van der Waals surface area contributed by atoms with Gasteiger partial charge in [0.15, 0.2) is 0 Å². The first-order chi connectivity index (χ1) is 13.7. The van der Waals surface area contributed by atoms with E-state index in [9.17, 15) is 18.3 Å². The van der Waals surface area contributed by atoms with Crippen LogP contribution in [0.25, 0.3) is 0 Å². The summed E-state index contributed by atoms with van der Waals surface area (Å²) in [5.41, 5.74) is 0.786. The number of pyridine rings is 1. The summed E-state index contributed by atoms with van der Waals surface area (Å²) >= 11 is 0. The van der Waals surface area contributed by atoms with Crippen molar-refractivity contribution in [2.45, 2.75) is 50.2 Å². The van der Waals surface area contributed by atoms with Crippen LogP contribution in [0.2, 0.25) is 0 Å². The fraction of sp³-hybridized carbons (Fsp3) is 0.429. The lowest BCUT2D eigenvalue weighted by Crippen LogP contribution is -2.42. The molecule has 7 nitrogen and oxygen atoms in total. The maximum absolute atomic E-state index is 12.2. The molecule has 0 spiro atoms. The molecule has 3 rings (SSSR count). The van der Waals surface area contributed by atoms with Crippen LogP contribution in [0.1, 0.15) is 43.2 Å². The number of benzene rings is 1. The number of carbonyl (C=O) groups is 1. The van der Waals surface area contributed by atoms with E-state index in [1.165, 1.54) is 6.20 Å². The van der Waals surface area contributed by atoms with Crippen molar-refractivity contribution in [3.05, 3.63) is 59.8 Å². The van der Waals surface area contributed by atoms with Crippen molar-refractivity contribution in [3.63, 3.8) is 0 Å². The number of carbonyl (C=O) groups excluding carboxylic acids is 1. The molecule has 1 aliphatic rings. The van der Waals surface area contributed by atoms with E-state index < -0.39 is 15.6 Å². The Morgan fingerprint density at radius 3 is 2.45 bits per heavy atom. The number of anilines is 1. The number of aliphatic hydroxyl groups is 1. The molecule has 1 amide bonds. The molecule has 0 atom stereocenters. The Hall–Kier alpha value is -2.45. The Morgan fingerprint density at radius 2 is 1.86 bits per heavy atom. The highest BCUT2D eigenvalue weighted by atomic mass is 32.2. The topological polar surface area (TPSA) is 108 Å². The monoisotopic (exact) mass is 417 g/mol. The number of nitrogens with zero attached hydrogens (tertiary/aromatic N) is 1. The fourth-order valence-corrected chi connectivity index (χ4v) is 4.15. The molecule has 0 bridgehead atoms. The molecular weight excluding hydrogens is 390 g/mol. The van der Waals surface area contributed by atoms with Crippen LogP contribution in [0.5, 0.6) is 0 Å². The molecule has 1 aromatic heterocycles. The number of hydrogen-bond donors (Lipinski definition) is 3. The van der Waals surface area contributed by atoms with Crippen molar-refractivity contribution >= 4 is 21.7 Å². The van der Waals surface area contributed by atoms with Gasteiger partial charge < -0.3 is 10.4 Å². The third-order valence-electron chi connectivity index (χ3n) is 5.25. The highest BCUT2D eigenvalue weighted by Crippen LogP contribution is 2.37. The molecule has 1 aliphatic carbocycles. The quantitative estimate of drug-likeness (QED) is 0.641. The van der Waals surface area contributed by atoms with Gasteiger partial charge in [-0.2, -0.15) is 0 Å². The molecule has 3 N–H and O–H groups in total. The molecule has 1 fully saturated rings. The molecule has 0 radical (unpaired) electrons. The summed E-state index contributed by atoms with van der Waals surface area (Å²) in [4.78, 5) is 16.3. The van der Waals surface area contributed by atoms with Crippen molar-refractivity contribution in [2.75, 3.05) is 11.0 Å². The summed E-state index contributed by atoms with van der Waals surface area (Å²) in [5, 5.41) is 14.0. The van der Waals surface area contributed by atoms with Crippen LogP contribution in [-0.2, 0) is 26.8 Å². The first kappa shape index (κ1) is 21.3. The maximum atomic E-state index is 12.2. The summed E-state index contributed by atoms with van der Waals surface area (Å²) in [5.74, 6) is 0.251. The normalized spacial score (nSPS) is 22.1. The van der Waals surface area contributed by atoms with Crippen molar-refractivity contribution in [2.24, 2.45) is 0 Å². The maximum Gasteiger partial charge on any atom is 0.230 e. The van der Waals surface area contributed by atoms with Crippen LogP contribution in [0.4, 0.5) is 5.82 Å². The van der Waals surface area contributed by atoms with Gasteiger partial charge in [0.05, 0.1) is 11.9 Å². The molecule has 1 saturated carbocycles. The van der Waals surface area contributed by atoms with Gasteiger partial charge in [0.25, 0.3) is 0 Å². The third kappa shape index (κ3) is 6.27. The smallest absolute Gasteiger partial charge is 0.230 e. The molecule has 0 aliphatic heterocycles. The van der Waals surface area contributed by atoms with Gasteiger partial charge in [-0.15, -0.1) is 0 Å². The standard InChI is InChI=1S/C21H27N3O4S/c1-29(27,28)24-19-9-8-17(15-22-19)21(26)13-11-18(12-14-21)23-20(25)10-7-16-5-3-2-4-6-16/h2-6,8-9,15,18,26H,7,10-14H2,1H3,(H,22,24)(H,23,25). The van der Waals surface area contributed by atoms with Gasteiger partial charge in [-0.3, -0.25) is 9.52 Å². The minimum absolute atomic E-state index is 0.0298. The Kier molecular flexibility index (Phi) is 6.54. The van der Waals surface area contributed by atoms with Crippen LogP contribution < -0.4 is 10.0 Å². The van der Waals surface area contributed by atoms with E-state index >= 15 is 0 Å². The first-order valence-corrected chi connectivity index (χ1v) is 11.6. The Bertz CT molecular complexity index is 922. The van der Waals surface area contributed by atoms with Crippen molar-refractivity contribution in [1.29, 1.82) is 0 Å². The summed E-state index contributed by atoms with van der Waals surface area (Å²) < 4.78 is 24.8. The van der Waals surface area contributed by atoms with E-state index in [2.05, 4.69) is 15.0 Å².